The number of nitrogens with one attached hydrogen (secondary N) is 2. The Balaban J connectivity index is 1.27. The second kappa shape index (κ2) is 10.6. The number of hydrogen-bond donors (Lipinski definition) is 4. The van der Waals surface area contributed by atoms with Gasteiger partial charge >= 0.3 is 0 Å². The van der Waals surface area contributed by atoms with Crippen LogP contribution in [0.15, 0.2) is 48.5 Å². The van der Waals surface area contributed by atoms with Crippen molar-refractivity contribution >= 4 is 76.2 Å². The predicted octanol–water partition coefficient (Wildman–Crippen LogP) is 2.23. The summed E-state index contributed by atoms with van der Waals surface area (Å²) in [6.07, 6.45) is -4.38. The maximum Gasteiger partial charge on any atom is 0.279 e. The number of ether oxygens (including phenoxy) is 1. The molecular weight excluding hydrogens is 709 g/mol. The number of rotatable bonds is 4. The molecule has 0 radical (unpaired) electrons. The van der Waals surface area contributed by atoms with Crippen LogP contribution in [0.2, 0.25) is 0 Å². The molecule has 4 amide bonds. The van der Waals surface area contributed by atoms with Gasteiger partial charge in [-0.15, -0.1) is 0 Å². The zero-order valence-corrected chi connectivity index (χ0v) is 30.1. The molecule has 8 aliphatic rings. The molecule has 258 valence electrons. The van der Waals surface area contributed by atoms with Crippen LogP contribution in [0.25, 0.3) is 0 Å². The Hall–Kier alpha value is -2.80. The fourth-order valence-corrected chi connectivity index (χ4v) is 17.4. The topological polar surface area (TPSA) is 155 Å². The van der Waals surface area contributed by atoms with E-state index in [1.807, 2.05) is 62.4 Å². The van der Waals surface area contributed by atoms with Crippen LogP contribution in [0.4, 0.5) is 11.4 Å². The van der Waals surface area contributed by atoms with Gasteiger partial charge in [-0.2, -0.15) is 0 Å². The molecule has 17 heteroatoms. The van der Waals surface area contributed by atoms with Crippen molar-refractivity contribution < 1.29 is 34.1 Å². The van der Waals surface area contributed by atoms with Gasteiger partial charge in [-0.25, -0.2) is 0 Å². The van der Waals surface area contributed by atoms with Gasteiger partial charge in [0.1, 0.15) is 30.6 Å². The first-order valence-electron chi connectivity index (χ1n) is 16.1. The Morgan fingerprint density at radius 3 is 2.06 bits per heavy atom. The zero-order chi connectivity index (χ0) is 34.4. The van der Waals surface area contributed by atoms with Gasteiger partial charge in [0.25, 0.3) is 29.4 Å². The van der Waals surface area contributed by atoms with Crippen LogP contribution in [-0.4, -0.2) is 120 Å². The first-order chi connectivity index (χ1) is 23.5. The van der Waals surface area contributed by atoms with Crippen LogP contribution < -0.4 is 10.6 Å². The smallest absolute Gasteiger partial charge is 0.279 e. The fourth-order valence-electron chi connectivity index (χ4n) is 9.24. The van der Waals surface area contributed by atoms with Gasteiger partial charge in [-0.05, 0) is 70.4 Å². The highest BCUT2D eigenvalue weighted by atomic mass is 33.7. The Bertz CT molecular complexity index is 1840. The maximum absolute atomic E-state index is 15.1. The van der Waals surface area contributed by atoms with E-state index >= 15 is 9.59 Å². The van der Waals surface area contributed by atoms with Crippen molar-refractivity contribution in [2.75, 3.05) is 31.3 Å². The molecule has 6 fully saturated rings. The minimum Gasteiger partial charge on any atom is -0.394 e. The Kier molecular flexibility index (Phi) is 6.96. The minimum absolute atomic E-state index is 0.256. The summed E-state index contributed by atoms with van der Waals surface area (Å²) in [4.78, 5) is 62.2. The average Bonchev–Trinajstić information content (AvgIpc) is 3.78. The molecule has 2 aromatic carbocycles. The van der Waals surface area contributed by atoms with E-state index in [-0.39, 0.29) is 17.7 Å². The molecule has 13 nitrogen and oxygen atoms in total. The van der Waals surface area contributed by atoms with Crippen molar-refractivity contribution in [2.24, 2.45) is 5.92 Å². The number of carbonyl (C=O) groups is 4. The van der Waals surface area contributed by atoms with Crippen molar-refractivity contribution in [1.29, 1.82) is 0 Å². The summed E-state index contributed by atoms with van der Waals surface area (Å²) in [5, 5.41) is 29.7. The lowest BCUT2D eigenvalue weighted by molar-refractivity contribution is -0.241. The number of para-hydroxylation sites is 2. The molecule has 2 aromatic rings. The zero-order valence-electron chi connectivity index (χ0n) is 26.8. The van der Waals surface area contributed by atoms with Crippen molar-refractivity contribution in [3.05, 3.63) is 59.7 Å². The molecule has 2 bridgehead atoms. The lowest BCUT2D eigenvalue weighted by atomic mass is 9.87. The Morgan fingerprint density at radius 1 is 0.837 bits per heavy atom. The average molecular weight is 743 g/mol. The molecule has 0 aliphatic carbocycles. The number of anilines is 2. The molecule has 10 rings (SSSR count). The molecule has 1 spiro atoms. The first-order valence-corrected chi connectivity index (χ1v) is 20.9. The number of fused-ring (bicyclic) bond motifs is 12. The third kappa shape index (κ3) is 3.59. The normalized spacial score (nSPS) is 40.0. The molecule has 10 unspecified atom stereocenters. The van der Waals surface area contributed by atoms with Crippen molar-refractivity contribution in [3.8, 4) is 0 Å². The van der Waals surface area contributed by atoms with E-state index in [1.165, 1.54) is 58.1 Å². The quantitative estimate of drug-likeness (QED) is 0.339. The highest BCUT2D eigenvalue weighted by Gasteiger charge is 2.80. The van der Waals surface area contributed by atoms with E-state index in [0.29, 0.717) is 11.3 Å². The second-order valence-electron chi connectivity index (χ2n) is 13.8. The van der Waals surface area contributed by atoms with Gasteiger partial charge in [-0.3, -0.25) is 29.0 Å². The number of piperazine rings is 2. The van der Waals surface area contributed by atoms with Crippen LogP contribution in [-0.2, 0) is 23.9 Å². The molecule has 0 saturated carbocycles. The van der Waals surface area contributed by atoms with E-state index in [1.54, 1.807) is 11.9 Å². The standard InChI is InChI=1S/C32H34N6O7S4/c1-14(2)31-29(44)38-25-21(16-10-6-8-12-18(16)34-25)23(32(38,28(43)36(31)4)47-49-48-46-31)45-30-22(40)20-15-9-5-7-11-17(15)33-24(20)37(30)26(41)19(13-39)35(3)27(30)42/h5-12,14,19-25,33-34,39-40H,13H2,1-4H3. The number of nitrogens with zero attached hydrogens (tertiary/aromatic N) is 4. The second-order valence-corrected chi connectivity index (χ2v) is 19.9. The van der Waals surface area contributed by atoms with Crippen molar-refractivity contribution in [1.82, 2.24) is 19.6 Å². The summed E-state index contributed by atoms with van der Waals surface area (Å²) in [7, 11) is 8.39. The number of likely N-dealkylation sites (N-methyl/N-ethyl adjacent to an activating group) is 2. The molecule has 8 heterocycles. The van der Waals surface area contributed by atoms with Gasteiger partial charge in [0.15, 0.2) is 4.87 Å². The van der Waals surface area contributed by atoms with Crippen LogP contribution in [0.1, 0.15) is 36.8 Å². The van der Waals surface area contributed by atoms with E-state index < -0.39 is 76.3 Å². The Labute approximate surface area is 297 Å². The highest BCUT2D eigenvalue weighted by Crippen LogP contribution is 2.69. The summed E-state index contributed by atoms with van der Waals surface area (Å²) >= 11 is 0. The molecule has 6 saturated heterocycles. The molecule has 49 heavy (non-hydrogen) atoms. The van der Waals surface area contributed by atoms with Crippen molar-refractivity contribution in [3.63, 3.8) is 0 Å². The monoisotopic (exact) mass is 742 g/mol. The molecule has 10 atom stereocenters. The van der Waals surface area contributed by atoms with Crippen LogP contribution in [0.3, 0.4) is 0 Å². The summed E-state index contributed by atoms with van der Waals surface area (Å²) in [5.74, 6) is -3.61. The number of carbonyl (C=O) groups excluding carboxylic acids is 4. The predicted molar refractivity (Wildman–Crippen MR) is 188 cm³/mol. The number of aliphatic hydroxyl groups excluding tert-OH is 2. The van der Waals surface area contributed by atoms with Crippen LogP contribution in [0.5, 0.6) is 0 Å². The van der Waals surface area contributed by atoms with E-state index in [0.717, 1.165) is 16.2 Å². The van der Waals surface area contributed by atoms with Gasteiger partial charge in [0, 0.05) is 25.5 Å². The number of benzene rings is 2. The van der Waals surface area contributed by atoms with Crippen molar-refractivity contribution in [2.45, 2.75) is 71.7 Å². The summed E-state index contributed by atoms with van der Waals surface area (Å²) in [6, 6.07) is 13.7. The van der Waals surface area contributed by atoms with Gasteiger partial charge in [0.2, 0.25) is 4.87 Å². The number of aliphatic hydroxyl groups is 2. The minimum atomic E-state index is -2.30. The summed E-state index contributed by atoms with van der Waals surface area (Å²) in [5.41, 5.74) is 0.696. The van der Waals surface area contributed by atoms with E-state index in [2.05, 4.69) is 10.6 Å². The third-order valence-corrected chi connectivity index (χ3v) is 19.1. The third-order valence-electron chi connectivity index (χ3n) is 11.5. The largest absolute Gasteiger partial charge is 0.394 e. The fraction of sp³-hybridized carbons (Fsp3) is 0.500. The first kappa shape index (κ1) is 32.1. The van der Waals surface area contributed by atoms with Gasteiger partial charge in [-0.1, -0.05) is 50.2 Å². The SMILES string of the molecule is CC(C)C12SSSSC3(C(=O)N1C)C(OC14C(=O)N(C)C(CO)C(=O)N1C1Nc5ccccc5C1C4O)C1c4ccccc4NC1N3C2=O. The van der Waals surface area contributed by atoms with E-state index in [9.17, 15) is 19.8 Å². The molecule has 0 aromatic heterocycles. The number of amides is 4. The van der Waals surface area contributed by atoms with Crippen LogP contribution >= 0.6 is 41.2 Å². The molecule has 4 N–H and O–H groups in total. The highest BCUT2D eigenvalue weighted by molar-refractivity contribution is 9.26. The van der Waals surface area contributed by atoms with Gasteiger partial charge in [0.05, 0.1) is 18.4 Å². The summed E-state index contributed by atoms with van der Waals surface area (Å²) < 4.78 is 7.20. The van der Waals surface area contributed by atoms with E-state index in [4.69, 9.17) is 4.74 Å². The number of hydrogen-bond acceptors (Lipinski definition) is 13. The maximum atomic E-state index is 15.1. The molecule has 8 aliphatic heterocycles. The molecular formula is C32H34N6O7S4. The lowest BCUT2D eigenvalue weighted by Crippen LogP contribution is -2.79. The summed E-state index contributed by atoms with van der Waals surface area (Å²) in [6.45, 7) is 3.22. The Morgan fingerprint density at radius 2 is 1.43 bits per heavy atom. The van der Waals surface area contributed by atoms with Crippen LogP contribution in [0, 0.1) is 5.92 Å². The van der Waals surface area contributed by atoms with Gasteiger partial charge < -0.3 is 35.4 Å². The lowest BCUT2D eigenvalue weighted by Gasteiger charge is -2.58.